The summed E-state index contributed by atoms with van der Waals surface area (Å²) in [6, 6.07) is 3.72. The zero-order valence-electron chi connectivity index (χ0n) is 11.7. The summed E-state index contributed by atoms with van der Waals surface area (Å²) in [7, 11) is -3.77. The number of nitro benzene ring substituents is 1. The number of hydrogen-bond donors (Lipinski definition) is 1. The molecule has 1 aromatic carbocycles. The molecule has 116 valence electrons. The number of aryl methyl sites for hydroxylation is 1. The molecule has 1 aliphatic rings. The molecule has 8 heteroatoms. The molecule has 1 saturated heterocycles. The van der Waals surface area contributed by atoms with Crippen molar-refractivity contribution in [2.45, 2.75) is 37.1 Å². The third-order valence-electron chi connectivity index (χ3n) is 3.77. The van der Waals surface area contributed by atoms with Gasteiger partial charge in [0.25, 0.3) is 5.69 Å². The lowest BCUT2D eigenvalue weighted by Crippen LogP contribution is -2.36. The first-order valence-electron chi connectivity index (χ1n) is 6.75. The van der Waals surface area contributed by atoms with E-state index in [1.165, 1.54) is 16.4 Å². The molecule has 0 amide bonds. The standard InChI is InChI=1S/C13H18N2O5S/c1-10-4-5-12(9-13(10)15(17)18)21(19,20)14-7-2-3-11(14)6-8-16/h4-5,9,11,16H,2-3,6-8H2,1H3. The van der Waals surface area contributed by atoms with Crippen LogP contribution in [-0.4, -0.2) is 41.9 Å². The minimum absolute atomic E-state index is 0.0651. The quantitative estimate of drug-likeness (QED) is 0.654. The van der Waals surface area contributed by atoms with Crippen LogP contribution in [0, 0.1) is 17.0 Å². The topological polar surface area (TPSA) is 101 Å². The molecule has 21 heavy (non-hydrogen) atoms. The Bertz CT molecular complexity index is 644. The summed E-state index contributed by atoms with van der Waals surface area (Å²) in [4.78, 5) is 10.3. The molecule has 1 fully saturated rings. The molecular formula is C13H18N2O5S. The van der Waals surface area contributed by atoms with E-state index in [0.29, 0.717) is 24.9 Å². The van der Waals surface area contributed by atoms with Gasteiger partial charge in [-0.05, 0) is 32.3 Å². The average Bonchev–Trinajstić information content (AvgIpc) is 2.88. The van der Waals surface area contributed by atoms with Crippen LogP contribution in [-0.2, 0) is 10.0 Å². The Morgan fingerprint density at radius 3 is 2.81 bits per heavy atom. The Hall–Kier alpha value is -1.51. The van der Waals surface area contributed by atoms with Gasteiger partial charge in [0.2, 0.25) is 10.0 Å². The van der Waals surface area contributed by atoms with E-state index in [-0.39, 0.29) is 23.2 Å². The molecule has 0 aromatic heterocycles. The van der Waals surface area contributed by atoms with Crippen LogP contribution in [0.2, 0.25) is 0 Å². The number of hydrogen-bond acceptors (Lipinski definition) is 5. The van der Waals surface area contributed by atoms with E-state index in [0.717, 1.165) is 12.5 Å². The highest BCUT2D eigenvalue weighted by Gasteiger charge is 2.35. The van der Waals surface area contributed by atoms with E-state index in [2.05, 4.69) is 0 Å². The van der Waals surface area contributed by atoms with Gasteiger partial charge in [0, 0.05) is 30.8 Å². The zero-order valence-corrected chi connectivity index (χ0v) is 12.5. The molecule has 0 bridgehead atoms. The summed E-state index contributed by atoms with van der Waals surface area (Å²) in [6.45, 7) is 1.87. The fourth-order valence-electron chi connectivity index (χ4n) is 2.64. The van der Waals surface area contributed by atoms with Crippen LogP contribution in [0.15, 0.2) is 23.1 Å². The molecule has 1 heterocycles. The second-order valence-electron chi connectivity index (χ2n) is 5.13. The van der Waals surface area contributed by atoms with Gasteiger partial charge < -0.3 is 5.11 Å². The van der Waals surface area contributed by atoms with E-state index in [4.69, 9.17) is 5.11 Å². The summed E-state index contributed by atoms with van der Waals surface area (Å²) < 4.78 is 26.6. The number of nitrogens with zero attached hydrogens (tertiary/aromatic N) is 2. The molecule has 0 aliphatic carbocycles. The largest absolute Gasteiger partial charge is 0.396 e. The molecular weight excluding hydrogens is 296 g/mol. The van der Waals surface area contributed by atoms with Crippen molar-refractivity contribution in [1.29, 1.82) is 0 Å². The molecule has 1 unspecified atom stereocenters. The Kier molecular flexibility index (Phi) is 4.60. The SMILES string of the molecule is Cc1ccc(S(=O)(=O)N2CCCC2CCO)cc1[N+](=O)[O-]. The van der Waals surface area contributed by atoms with Gasteiger partial charge >= 0.3 is 0 Å². The van der Waals surface area contributed by atoms with Crippen LogP contribution in [0.4, 0.5) is 5.69 Å². The van der Waals surface area contributed by atoms with Crippen molar-refractivity contribution < 1.29 is 18.4 Å². The average molecular weight is 314 g/mol. The summed E-state index contributed by atoms with van der Waals surface area (Å²) in [5, 5.41) is 20.0. The number of aliphatic hydroxyl groups excluding tert-OH is 1. The van der Waals surface area contributed by atoms with Crippen LogP contribution < -0.4 is 0 Å². The van der Waals surface area contributed by atoms with Crippen LogP contribution in [0.25, 0.3) is 0 Å². The third-order valence-corrected chi connectivity index (χ3v) is 5.72. The fraction of sp³-hybridized carbons (Fsp3) is 0.538. The van der Waals surface area contributed by atoms with Gasteiger partial charge in [0.15, 0.2) is 0 Å². The van der Waals surface area contributed by atoms with Crippen molar-refractivity contribution in [3.05, 3.63) is 33.9 Å². The lowest BCUT2D eigenvalue weighted by molar-refractivity contribution is -0.385. The smallest absolute Gasteiger partial charge is 0.273 e. The first kappa shape index (κ1) is 15.9. The fourth-order valence-corrected chi connectivity index (χ4v) is 4.39. The highest BCUT2D eigenvalue weighted by molar-refractivity contribution is 7.89. The van der Waals surface area contributed by atoms with Crippen LogP contribution >= 0.6 is 0 Å². The highest BCUT2D eigenvalue weighted by atomic mass is 32.2. The molecule has 1 atom stereocenters. The molecule has 0 spiro atoms. The maximum atomic E-state index is 12.6. The third kappa shape index (κ3) is 3.07. The molecule has 7 nitrogen and oxygen atoms in total. The van der Waals surface area contributed by atoms with Gasteiger partial charge in [-0.15, -0.1) is 0 Å². The highest BCUT2D eigenvalue weighted by Crippen LogP contribution is 2.30. The lowest BCUT2D eigenvalue weighted by Gasteiger charge is -2.23. The maximum Gasteiger partial charge on any atom is 0.273 e. The number of nitro groups is 1. The Morgan fingerprint density at radius 1 is 1.48 bits per heavy atom. The summed E-state index contributed by atoms with van der Waals surface area (Å²) >= 11 is 0. The maximum absolute atomic E-state index is 12.6. The second-order valence-corrected chi connectivity index (χ2v) is 7.02. The van der Waals surface area contributed by atoms with E-state index >= 15 is 0 Å². The minimum atomic E-state index is -3.77. The molecule has 1 aromatic rings. The number of aliphatic hydroxyl groups is 1. The van der Waals surface area contributed by atoms with Gasteiger partial charge in [-0.2, -0.15) is 4.31 Å². The van der Waals surface area contributed by atoms with Crippen molar-refractivity contribution in [2.75, 3.05) is 13.2 Å². The van der Waals surface area contributed by atoms with E-state index in [9.17, 15) is 18.5 Å². The van der Waals surface area contributed by atoms with Crippen molar-refractivity contribution in [1.82, 2.24) is 4.31 Å². The van der Waals surface area contributed by atoms with Gasteiger partial charge in [0.05, 0.1) is 9.82 Å². The minimum Gasteiger partial charge on any atom is -0.396 e. The molecule has 1 N–H and O–H groups in total. The van der Waals surface area contributed by atoms with E-state index in [1.807, 2.05) is 0 Å². The van der Waals surface area contributed by atoms with Gasteiger partial charge in [-0.3, -0.25) is 10.1 Å². The second kappa shape index (κ2) is 6.08. The Balaban J connectivity index is 2.40. The molecule has 1 aliphatic heterocycles. The van der Waals surface area contributed by atoms with Crippen molar-refractivity contribution in [2.24, 2.45) is 0 Å². The number of benzene rings is 1. The van der Waals surface area contributed by atoms with E-state index in [1.54, 1.807) is 6.92 Å². The van der Waals surface area contributed by atoms with Crippen molar-refractivity contribution >= 4 is 15.7 Å². The molecule has 0 radical (unpaired) electrons. The van der Waals surface area contributed by atoms with Gasteiger partial charge in [-0.25, -0.2) is 8.42 Å². The summed E-state index contributed by atoms with van der Waals surface area (Å²) in [5.41, 5.74) is 0.223. The number of sulfonamides is 1. The molecule has 0 saturated carbocycles. The Labute approximate surface area is 123 Å². The molecule has 2 rings (SSSR count). The van der Waals surface area contributed by atoms with Gasteiger partial charge in [0.1, 0.15) is 0 Å². The van der Waals surface area contributed by atoms with Crippen LogP contribution in [0.1, 0.15) is 24.8 Å². The monoisotopic (exact) mass is 314 g/mol. The first-order chi connectivity index (χ1) is 9.87. The Morgan fingerprint density at radius 2 is 2.19 bits per heavy atom. The van der Waals surface area contributed by atoms with Crippen molar-refractivity contribution in [3.8, 4) is 0 Å². The van der Waals surface area contributed by atoms with Crippen LogP contribution in [0.3, 0.4) is 0 Å². The van der Waals surface area contributed by atoms with Crippen LogP contribution in [0.5, 0.6) is 0 Å². The summed E-state index contributed by atoms with van der Waals surface area (Å²) in [5.74, 6) is 0. The van der Waals surface area contributed by atoms with Crippen molar-refractivity contribution in [3.63, 3.8) is 0 Å². The number of rotatable bonds is 5. The van der Waals surface area contributed by atoms with Gasteiger partial charge in [-0.1, -0.05) is 6.07 Å². The normalized spacial score (nSPS) is 19.8. The van der Waals surface area contributed by atoms with E-state index < -0.39 is 14.9 Å². The summed E-state index contributed by atoms with van der Waals surface area (Å²) in [6.07, 6.45) is 1.82. The lowest BCUT2D eigenvalue weighted by atomic mass is 10.2. The predicted molar refractivity (Wildman–Crippen MR) is 76.5 cm³/mol. The zero-order chi connectivity index (χ0) is 15.6. The predicted octanol–water partition coefficient (Wildman–Crippen LogP) is 1.44. The first-order valence-corrected chi connectivity index (χ1v) is 8.19.